The smallest absolute Gasteiger partial charge is 0.264 e. The molecule has 108 valence electrons. The van der Waals surface area contributed by atoms with E-state index in [4.69, 9.17) is 11.6 Å². The van der Waals surface area contributed by atoms with Crippen molar-refractivity contribution in [3.05, 3.63) is 47.2 Å². The molecule has 0 aliphatic heterocycles. The summed E-state index contributed by atoms with van der Waals surface area (Å²) in [7, 11) is -3.90. The Morgan fingerprint density at radius 3 is 2.76 bits per heavy atom. The fourth-order valence-corrected chi connectivity index (χ4v) is 3.89. The summed E-state index contributed by atoms with van der Waals surface area (Å²) in [5, 5.41) is -0.0258. The first-order valence-electron chi connectivity index (χ1n) is 5.66. The van der Waals surface area contributed by atoms with E-state index in [0.29, 0.717) is 5.52 Å². The SMILES string of the molecule is O=S(=O)(Nc1ccc(F)cc1Cl)c1cccc2nsnc12. The number of fused-ring (bicyclic) bond motifs is 1. The summed E-state index contributed by atoms with van der Waals surface area (Å²) < 4.78 is 48.1. The lowest BCUT2D eigenvalue weighted by atomic mass is 10.3. The van der Waals surface area contributed by atoms with Crippen molar-refractivity contribution in [2.45, 2.75) is 4.90 Å². The van der Waals surface area contributed by atoms with E-state index in [1.165, 1.54) is 12.1 Å². The second-order valence-corrected chi connectivity index (χ2v) is 6.70. The lowest BCUT2D eigenvalue weighted by Gasteiger charge is -2.09. The summed E-state index contributed by atoms with van der Waals surface area (Å²) in [4.78, 5) is -0.00542. The fourth-order valence-electron chi connectivity index (χ4n) is 1.77. The van der Waals surface area contributed by atoms with Gasteiger partial charge in [0.2, 0.25) is 0 Å². The largest absolute Gasteiger partial charge is 0.278 e. The molecule has 0 radical (unpaired) electrons. The van der Waals surface area contributed by atoms with E-state index in [-0.39, 0.29) is 21.1 Å². The van der Waals surface area contributed by atoms with Gasteiger partial charge in [-0.15, -0.1) is 0 Å². The predicted molar refractivity (Wildman–Crippen MR) is 79.6 cm³/mol. The molecule has 0 unspecified atom stereocenters. The second kappa shape index (κ2) is 5.21. The zero-order chi connectivity index (χ0) is 15.0. The maximum absolute atomic E-state index is 13.0. The highest BCUT2D eigenvalue weighted by molar-refractivity contribution is 7.93. The standard InChI is InChI=1S/C12H7ClFN3O2S2/c13-8-6-7(14)4-5-9(8)17-21(18,19)11-3-1-2-10-12(11)16-20-15-10/h1-6,17H. The molecule has 1 aromatic heterocycles. The second-order valence-electron chi connectivity index (χ2n) is 4.12. The highest BCUT2D eigenvalue weighted by atomic mass is 35.5. The quantitative estimate of drug-likeness (QED) is 0.792. The summed E-state index contributed by atoms with van der Waals surface area (Å²) in [5.41, 5.74) is 0.875. The molecule has 2 aromatic carbocycles. The Kier molecular flexibility index (Phi) is 3.52. The van der Waals surface area contributed by atoms with Gasteiger partial charge in [-0.05, 0) is 30.3 Å². The van der Waals surface area contributed by atoms with Crippen LogP contribution in [0.2, 0.25) is 5.02 Å². The molecular formula is C12H7ClFN3O2S2. The van der Waals surface area contributed by atoms with Crippen molar-refractivity contribution in [2.75, 3.05) is 4.72 Å². The van der Waals surface area contributed by atoms with Crippen molar-refractivity contribution in [3.63, 3.8) is 0 Å². The average Bonchev–Trinajstić information content (AvgIpc) is 2.90. The average molecular weight is 344 g/mol. The zero-order valence-corrected chi connectivity index (χ0v) is 12.6. The van der Waals surface area contributed by atoms with Crippen molar-refractivity contribution in [2.24, 2.45) is 0 Å². The Bertz CT molecular complexity index is 927. The Hall–Kier alpha value is -1.77. The summed E-state index contributed by atoms with van der Waals surface area (Å²) in [5.74, 6) is -0.547. The predicted octanol–water partition coefficient (Wildman–Crippen LogP) is 3.28. The molecule has 9 heteroatoms. The monoisotopic (exact) mass is 343 g/mol. The summed E-state index contributed by atoms with van der Waals surface area (Å²) >= 11 is 6.75. The highest BCUT2D eigenvalue weighted by Crippen LogP contribution is 2.27. The minimum Gasteiger partial charge on any atom is -0.278 e. The third-order valence-electron chi connectivity index (χ3n) is 2.71. The lowest BCUT2D eigenvalue weighted by molar-refractivity contribution is 0.601. The molecule has 5 nitrogen and oxygen atoms in total. The molecular weight excluding hydrogens is 337 g/mol. The van der Waals surface area contributed by atoms with Crippen LogP contribution in [0.1, 0.15) is 0 Å². The van der Waals surface area contributed by atoms with Crippen LogP contribution in [0.3, 0.4) is 0 Å². The first-order valence-corrected chi connectivity index (χ1v) is 8.26. The van der Waals surface area contributed by atoms with Crippen molar-refractivity contribution in [1.29, 1.82) is 0 Å². The maximum Gasteiger partial charge on any atom is 0.264 e. The molecule has 0 amide bonds. The molecule has 0 atom stereocenters. The number of anilines is 1. The molecule has 0 aliphatic rings. The molecule has 0 saturated heterocycles. The number of rotatable bonds is 3. The van der Waals surface area contributed by atoms with Crippen LogP contribution in [-0.4, -0.2) is 17.2 Å². The molecule has 0 bridgehead atoms. The molecule has 1 heterocycles. The number of nitrogens with one attached hydrogen (secondary N) is 1. The van der Waals surface area contributed by atoms with Gasteiger partial charge in [0.15, 0.2) is 0 Å². The number of hydrogen-bond donors (Lipinski definition) is 1. The zero-order valence-electron chi connectivity index (χ0n) is 10.2. The van der Waals surface area contributed by atoms with Crippen molar-refractivity contribution in [3.8, 4) is 0 Å². The van der Waals surface area contributed by atoms with Crippen LogP contribution in [0.4, 0.5) is 10.1 Å². The van der Waals surface area contributed by atoms with E-state index in [9.17, 15) is 12.8 Å². The minimum atomic E-state index is -3.90. The van der Waals surface area contributed by atoms with Gasteiger partial charge in [0.25, 0.3) is 10.0 Å². The van der Waals surface area contributed by atoms with Crippen LogP contribution < -0.4 is 4.72 Å². The van der Waals surface area contributed by atoms with Crippen LogP contribution in [-0.2, 0) is 10.0 Å². The number of sulfonamides is 1. The normalized spacial score (nSPS) is 11.7. The molecule has 0 spiro atoms. The van der Waals surface area contributed by atoms with E-state index in [1.54, 1.807) is 12.1 Å². The Labute approximate surface area is 128 Å². The van der Waals surface area contributed by atoms with E-state index in [2.05, 4.69) is 13.5 Å². The van der Waals surface area contributed by atoms with Crippen LogP contribution >= 0.6 is 23.3 Å². The number of halogens is 2. The van der Waals surface area contributed by atoms with Gasteiger partial charge in [-0.25, -0.2) is 12.8 Å². The third-order valence-corrected chi connectivity index (χ3v) is 4.97. The molecule has 1 N–H and O–H groups in total. The molecule has 3 aromatic rings. The van der Waals surface area contributed by atoms with Crippen molar-refractivity contribution < 1.29 is 12.8 Å². The van der Waals surface area contributed by atoms with Crippen molar-refractivity contribution >= 4 is 50.1 Å². The summed E-state index contributed by atoms with van der Waals surface area (Å²) in [6, 6.07) is 8.07. The van der Waals surface area contributed by atoms with Gasteiger partial charge in [0, 0.05) is 0 Å². The summed E-state index contributed by atoms with van der Waals surface area (Å²) in [6.45, 7) is 0. The number of hydrogen-bond acceptors (Lipinski definition) is 5. The first-order chi connectivity index (χ1) is 9.97. The number of benzene rings is 2. The van der Waals surface area contributed by atoms with E-state index < -0.39 is 15.8 Å². The van der Waals surface area contributed by atoms with Crippen LogP contribution in [0.5, 0.6) is 0 Å². The van der Waals surface area contributed by atoms with Gasteiger partial charge in [-0.1, -0.05) is 17.7 Å². The highest BCUT2D eigenvalue weighted by Gasteiger charge is 2.20. The van der Waals surface area contributed by atoms with E-state index >= 15 is 0 Å². The summed E-state index contributed by atoms with van der Waals surface area (Å²) in [6.07, 6.45) is 0. The van der Waals surface area contributed by atoms with E-state index in [1.807, 2.05) is 0 Å². The molecule has 21 heavy (non-hydrogen) atoms. The van der Waals surface area contributed by atoms with Gasteiger partial charge in [-0.2, -0.15) is 8.75 Å². The molecule has 0 fully saturated rings. The van der Waals surface area contributed by atoms with Gasteiger partial charge in [-0.3, -0.25) is 4.72 Å². The topological polar surface area (TPSA) is 72.0 Å². The Morgan fingerprint density at radius 1 is 1.19 bits per heavy atom. The fraction of sp³-hybridized carbons (Fsp3) is 0. The Balaban J connectivity index is 2.06. The minimum absolute atomic E-state index is 0.00542. The van der Waals surface area contributed by atoms with Crippen LogP contribution in [0.15, 0.2) is 41.3 Å². The van der Waals surface area contributed by atoms with E-state index in [0.717, 1.165) is 23.9 Å². The molecule has 0 aliphatic carbocycles. The van der Waals surface area contributed by atoms with Crippen molar-refractivity contribution in [1.82, 2.24) is 8.75 Å². The Morgan fingerprint density at radius 2 is 2.00 bits per heavy atom. The maximum atomic E-state index is 13.0. The van der Waals surface area contributed by atoms with Gasteiger partial charge >= 0.3 is 0 Å². The third kappa shape index (κ3) is 2.69. The molecule has 3 rings (SSSR count). The first kappa shape index (κ1) is 14.2. The molecule has 0 saturated carbocycles. The van der Waals surface area contributed by atoms with Gasteiger partial charge < -0.3 is 0 Å². The lowest BCUT2D eigenvalue weighted by Crippen LogP contribution is -2.13. The van der Waals surface area contributed by atoms with Crippen LogP contribution in [0.25, 0.3) is 11.0 Å². The van der Waals surface area contributed by atoms with Crippen LogP contribution in [0, 0.1) is 5.82 Å². The number of nitrogens with zero attached hydrogens (tertiary/aromatic N) is 2. The number of aromatic nitrogens is 2. The van der Waals surface area contributed by atoms with Gasteiger partial charge in [0.05, 0.1) is 22.4 Å². The van der Waals surface area contributed by atoms with Gasteiger partial charge in [0.1, 0.15) is 21.7 Å².